The van der Waals surface area contributed by atoms with E-state index in [2.05, 4.69) is 5.32 Å². The summed E-state index contributed by atoms with van der Waals surface area (Å²) in [4.78, 5) is 12.9. The van der Waals surface area contributed by atoms with Crippen molar-refractivity contribution in [3.05, 3.63) is 47.8 Å². The first kappa shape index (κ1) is 24.4. The van der Waals surface area contributed by atoms with Crippen LogP contribution in [0, 0.1) is 5.82 Å². The van der Waals surface area contributed by atoms with Crippen LogP contribution in [0.3, 0.4) is 0 Å². The fourth-order valence-electron chi connectivity index (χ4n) is 3.82. The van der Waals surface area contributed by atoms with E-state index in [9.17, 15) is 17.9 Å². The van der Waals surface area contributed by atoms with Gasteiger partial charge in [-0.2, -0.15) is 0 Å². The molecular weight excluding hydrogens is 462 g/mol. The fourth-order valence-corrected chi connectivity index (χ4v) is 4.13. The van der Waals surface area contributed by atoms with E-state index in [1.54, 1.807) is 6.07 Å². The molecule has 4 rings (SSSR count). The summed E-state index contributed by atoms with van der Waals surface area (Å²) >= 11 is -2.59. The lowest BCUT2D eigenvalue weighted by Crippen LogP contribution is -2.41. The maximum absolute atomic E-state index is 13.5. The molecule has 8 nitrogen and oxygen atoms in total. The standard InChI is InChI=1S/C23H26BFN2O6S/c1-22(2)23(3,4)33-24(32-22)16-11-15-18(12-17(16)27(6)34(29)30)31-20(19(15)21(28)26-5)13-7-9-14(25)10-8-13/h7-12H,1-6H3,(H,26,28)(H,29,30)/p-1. The van der Waals surface area contributed by atoms with Gasteiger partial charge >= 0.3 is 7.12 Å². The normalized spacial score (nSPS) is 17.7. The van der Waals surface area contributed by atoms with Crippen LogP contribution in [-0.2, 0) is 20.6 Å². The number of hydrogen-bond acceptors (Lipinski definition) is 6. The first-order valence-corrected chi connectivity index (χ1v) is 11.7. The molecule has 1 aliphatic heterocycles. The van der Waals surface area contributed by atoms with Gasteiger partial charge in [0.15, 0.2) is 0 Å². The van der Waals surface area contributed by atoms with Crippen molar-refractivity contribution in [1.29, 1.82) is 0 Å². The van der Waals surface area contributed by atoms with Crippen molar-refractivity contribution < 1.29 is 31.7 Å². The maximum atomic E-state index is 13.5. The van der Waals surface area contributed by atoms with Crippen LogP contribution in [0.2, 0.25) is 0 Å². The minimum absolute atomic E-state index is 0.234. The number of benzene rings is 2. The van der Waals surface area contributed by atoms with Gasteiger partial charge in [-0.1, -0.05) is 0 Å². The Labute approximate surface area is 200 Å². The number of furan rings is 1. The highest BCUT2D eigenvalue weighted by Crippen LogP contribution is 2.39. The number of carbonyl (C=O) groups is 1. The predicted octanol–water partition coefficient (Wildman–Crippen LogP) is 3.13. The van der Waals surface area contributed by atoms with Gasteiger partial charge in [-0.3, -0.25) is 9.00 Å². The third kappa shape index (κ3) is 4.02. The van der Waals surface area contributed by atoms with E-state index in [1.165, 1.54) is 44.4 Å². The second-order valence-corrected chi connectivity index (χ2v) is 10.1. The topological polar surface area (TPSA) is 104 Å². The highest BCUT2D eigenvalue weighted by Gasteiger charge is 2.52. The molecule has 0 radical (unpaired) electrons. The summed E-state index contributed by atoms with van der Waals surface area (Å²) in [6.45, 7) is 7.56. The van der Waals surface area contributed by atoms with Crippen LogP contribution in [0.4, 0.5) is 10.1 Å². The van der Waals surface area contributed by atoms with Crippen LogP contribution in [0.15, 0.2) is 40.8 Å². The largest absolute Gasteiger partial charge is 0.755 e. The van der Waals surface area contributed by atoms with Crippen molar-refractivity contribution in [3.8, 4) is 11.3 Å². The molecule has 2 aromatic carbocycles. The van der Waals surface area contributed by atoms with Crippen LogP contribution < -0.4 is 15.1 Å². The Bertz CT molecular complexity index is 1270. The van der Waals surface area contributed by atoms with Crippen molar-refractivity contribution in [3.63, 3.8) is 0 Å². The van der Waals surface area contributed by atoms with Gasteiger partial charge in [0.05, 0.1) is 22.5 Å². The summed E-state index contributed by atoms with van der Waals surface area (Å²) in [5.41, 5.74) is 0.383. The highest BCUT2D eigenvalue weighted by molar-refractivity contribution is 7.80. The summed E-state index contributed by atoms with van der Waals surface area (Å²) in [7, 11) is 1.99. The minimum Gasteiger partial charge on any atom is -0.755 e. The third-order valence-corrected chi connectivity index (χ3v) is 7.11. The first-order chi connectivity index (χ1) is 15.9. The Morgan fingerprint density at radius 1 is 1.12 bits per heavy atom. The first-order valence-electron chi connectivity index (χ1n) is 10.6. The van der Waals surface area contributed by atoms with Crippen LogP contribution in [0.25, 0.3) is 22.3 Å². The lowest BCUT2D eigenvalue weighted by atomic mass is 9.77. The molecule has 2 heterocycles. The number of carbonyl (C=O) groups excluding carboxylic acids is 1. The number of rotatable bonds is 5. The van der Waals surface area contributed by atoms with Crippen molar-refractivity contribution >= 4 is 46.4 Å². The molecule has 1 unspecified atom stereocenters. The summed E-state index contributed by atoms with van der Waals surface area (Å²) in [5, 5.41) is 3.05. The molecule has 11 heteroatoms. The average molecular weight is 487 g/mol. The SMILES string of the molecule is CNC(=O)c1c(-c2ccc(F)cc2)oc2cc(N(C)S(=O)[O-])c(B3OC(C)(C)C(C)(C)O3)cc12. The van der Waals surface area contributed by atoms with Gasteiger partial charge in [0.2, 0.25) is 0 Å². The lowest BCUT2D eigenvalue weighted by molar-refractivity contribution is 0.00578. The van der Waals surface area contributed by atoms with Crippen LogP contribution in [-0.4, -0.2) is 47.1 Å². The second-order valence-electron chi connectivity index (χ2n) is 9.10. The minimum atomic E-state index is -2.59. The Morgan fingerprint density at radius 2 is 1.71 bits per heavy atom. The average Bonchev–Trinajstić information content (AvgIpc) is 3.25. The molecular formula is C23H25BFN2O6S-. The van der Waals surface area contributed by atoms with Gasteiger partial charge < -0.3 is 27.9 Å². The van der Waals surface area contributed by atoms with E-state index in [1.807, 2.05) is 27.7 Å². The van der Waals surface area contributed by atoms with Crippen molar-refractivity contribution in [2.45, 2.75) is 38.9 Å². The van der Waals surface area contributed by atoms with E-state index in [-0.39, 0.29) is 22.6 Å². The molecule has 3 aromatic rings. The maximum Gasteiger partial charge on any atom is 0.497 e. The van der Waals surface area contributed by atoms with Crippen LogP contribution in [0.1, 0.15) is 38.1 Å². The third-order valence-electron chi connectivity index (χ3n) is 6.47. The number of hydrogen-bond donors (Lipinski definition) is 1. The van der Waals surface area contributed by atoms with Crippen LogP contribution >= 0.6 is 0 Å². The fraction of sp³-hybridized carbons (Fsp3) is 0.348. The van der Waals surface area contributed by atoms with E-state index in [4.69, 9.17) is 13.7 Å². The van der Waals surface area contributed by atoms with Crippen molar-refractivity contribution in [1.82, 2.24) is 5.32 Å². The van der Waals surface area contributed by atoms with Gasteiger partial charge in [-0.05, 0) is 58.0 Å². The van der Waals surface area contributed by atoms with E-state index < -0.39 is 41.3 Å². The zero-order valence-corrected chi connectivity index (χ0v) is 20.5. The molecule has 1 amide bonds. The number of nitrogens with one attached hydrogen (secondary N) is 1. The summed E-state index contributed by atoms with van der Waals surface area (Å²) < 4.78 is 56.6. The smallest absolute Gasteiger partial charge is 0.497 e. The summed E-state index contributed by atoms with van der Waals surface area (Å²) in [6, 6.07) is 8.74. The van der Waals surface area contributed by atoms with Gasteiger partial charge in [0, 0.05) is 47.8 Å². The Balaban J connectivity index is 1.99. The number of amides is 1. The monoisotopic (exact) mass is 487 g/mol. The summed E-state index contributed by atoms with van der Waals surface area (Å²) in [6.07, 6.45) is 0. The molecule has 1 fully saturated rings. The Hall–Kier alpha value is -2.73. The van der Waals surface area contributed by atoms with Gasteiger partial charge in [0.1, 0.15) is 17.2 Å². The van der Waals surface area contributed by atoms with Crippen molar-refractivity contribution in [2.75, 3.05) is 18.4 Å². The second kappa shape index (κ2) is 8.49. The molecule has 0 spiro atoms. The molecule has 1 atom stereocenters. The van der Waals surface area contributed by atoms with Crippen molar-refractivity contribution in [2.24, 2.45) is 0 Å². The zero-order valence-electron chi connectivity index (χ0n) is 19.7. The molecule has 34 heavy (non-hydrogen) atoms. The molecule has 0 aliphatic carbocycles. The molecule has 0 saturated carbocycles. The van der Waals surface area contributed by atoms with E-state index >= 15 is 0 Å². The lowest BCUT2D eigenvalue weighted by Gasteiger charge is -2.32. The van der Waals surface area contributed by atoms with Gasteiger partial charge in [-0.25, -0.2) is 4.39 Å². The number of fused-ring (bicyclic) bond motifs is 1. The Kier molecular flexibility index (Phi) is 6.09. The Morgan fingerprint density at radius 3 is 2.24 bits per heavy atom. The van der Waals surface area contributed by atoms with Crippen LogP contribution in [0.5, 0.6) is 0 Å². The number of halogens is 1. The zero-order chi connectivity index (χ0) is 25.0. The molecule has 1 N–H and O–H groups in total. The molecule has 1 saturated heterocycles. The van der Waals surface area contributed by atoms with Gasteiger partial charge in [-0.15, -0.1) is 0 Å². The van der Waals surface area contributed by atoms with Gasteiger partial charge in [0.25, 0.3) is 5.91 Å². The molecule has 1 aromatic heterocycles. The predicted molar refractivity (Wildman–Crippen MR) is 128 cm³/mol. The molecule has 1 aliphatic rings. The molecule has 180 valence electrons. The highest BCUT2D eigenvalue weighted by atomic mass is 32.2. The number of nitrogens with zero attached hydrogens (tertiary/aromatic N) is 1. The van der Waals surface area contributed by atoms with E-state index in [0.29, 0.717) is 16.4 Å². The summed E-state index contributed by atoms with van der Waals surface area (Å²) in [5.74, 6) is -0.602. The number of anilines is 1. The quantitative estimate of drug-likeness (QED) is 0.438. The molecule has 0 bridgehead atoms. The van der Waals surface area contributed by atoms with E-state index in [0.717, 1.165) is 4.31 Å².